The van der Waals surface area contributed by atoms with Gasteiger partial charge in [-0.1, -0.05) is 25.2 Å². The Hall–Kier alpha value is -2.82. The molecule has 5 nitrogen and oxygen atoms in total. The minimum atomic E-state index is -0.275. The number of nitrogens with zero attached hydrogens (tertiary/aromatic N) is 2. The maximum absolute atomic E-state index is 5.46. The lowest BCUT2D eigenvalue weighted by Crippen LogP contribution is -2.19. The topological polar surface area (TPSA) is 58.5 Å². The normalized spacial score (nSPS) is 18.6. The van der Waals surface area contributed by atoms with E-state index in [9.17, 15) is 0 Å². The number of rotatable bonds is 7. The summed E-state index contributed by atoms with van der Waals surface area (Å²) in [7, 11) is 1.90. The van der Waals surface area contributed by atoms with E-state index in [4.69, 9.17) is 4.74 Å². The van der Waals surface area contributed by atoms with Gasteiger partial charge in [-0.15, -0.1) is 5.10 Å². The zero-order valence-corrected chi connectivity index (χ0v) is 14.4. The molecule has 1 aromatic rings. The van der Waals surface area contributed by atoms with Gasteiger partial charge >= 0.3 is 0 Å². The van der Waals surface area contributed by atoms with Crippen molar-refractivity contribution in [1.82, 2.24) is 15.7 Å². The minimum absolute atomic E-state index is 0.275. The Morgan fingerprint density at radius 3 is 2.75 bits per heavy atom. The fraction of sp³-hybridized carbons (Fsp3) is 0.263. The van der Waals surface area contributed by atoms with Crippen LogP contribution in [0.1, 0.15) is 25.8 Å². The molecular formula is C19H24N4O. The van der Waals surface area contributed by atoms with Gasteiger partial charge in [-0.3, -0.25) is 10.4 Å². The Bertz CT molecular complexity index is 664. The molecule has 24 heavy (non-hydrogen) atoms. The van der Waals surface area contributed by atoms with Crippen LogP contribution < -0.4 is 10.7 Å². The highest BCUT2D eigenvalue weighted by Crippen LogP contribution is 2.30. The molecule has 0 amide bonds. The molecule has 126 valence electrons. The molecule has 0 aliphatic carbocycles. The number of nitrogens with one attached hydrogen (secondary N) is 2. The Labute approximate surface area is 143 Å². The molecule has 0 radical (unpaired) electrons. The first-order valence-electron chi connectivity index (χ1n) is 8.05. The third-order valence-corrected chi connectivity index (χ3v) is 3.57. The maximum Gasteiger partial charge on any atom is 0.206 e. The summed E-state index contributed by atoms with van der Waals surface area (Å²) >= 11 is 0. The summed E-state index contributed by atoms with van der Waals surface area (Å²) in [5.41, 5.74) is 7.41. The summed E-state index contributed by atoms with van der Waals surface area (Å²) in [6.45, 7) is 4.15. The first-order chi connectivity index (χ1) is 11.8. The van der Waals surface area contributed by atoms with Gasteiger partial charge in [0.15, 0.2) is 6.40 Å². The van der Waals surface area contributed by atoms with Crippen LogP contribution in [0.15, 0.2) is 71.3 Å². The minimum Gasteiger partial charge on any atom is -0.454 e. The van der Waals surface area contributed by atoms with E-state index in [0.29, 0.717) is 0 Å². The molecule has 0 saturated heterocycles. The summed E-state index contributed by atoms with van der Waals surface area (Å²) in [5.74, 6) is 0. The van der Waals surface area contributed by atoms with E-state index in [1.807, 2.05) is 38.4 Å². The van der Waals surface area contributed by atoms with E-state index in [1.54, 1.807) is 12.4 Å². The van der Waals surface area contributed by atoms with Gasteiger partial charge in [-0.25, -0.2) is 0 Å². The molecule has 0 bridgehead atoms. The fourth-order valence-corrected chi connectivity index (χ4v) is 2.43. The number of pyridine rings is 1. The molecule has 2 rings (SSSR count). The lowest BCUT2D eigenvalue weighted by molar-refractivity contribution is 0.246. The summed E-state index contributed by atoms with van der Waals surface area (Å²) in [6, 6.07) is 4.00. The highest BCUT2D eigenvalue weighted by molar-refractivity contribution is 5.83. The van der Waals surface area contributed by atoms with Crippen molar-refractivity contribution in [2.45, 2.75) is 26.5 Å². The molecule has 1 unspecified atom stereocenters. The van der Waals surface area contributed by atoms with Crippen LogP contribution in [0.25, 0.3) is 5.57 Å². The van der Waals surface area contributed by atoms with Gasteiger partial charge in [-0.2, -0.15) is 0 Å². The molecule has 1 aliphatic heterocycles. The number of hydrogen-bond acceptors (Lipinski definition) is 5. The second kappa shape index (κ2) is 9.35. The van der Waals surface area contributed by atoms with Crippen molar-refractivity contribution < 1.29 is 4.74 Å². The average Bonchev–Trinajstić information content (AvgIpc) is 3.13. The van der Waals surface area contributed by atoms with Crippen LogP contribution in [-0.2, 0) is 4.74 Å². The van der Waals surface area contributed by atoms with Crippen LogP contribution in [-0.4, -0.2) is 24.7 Å². The standard InChI is InChI=1S/C19H24N4O/c1-4-6-7-15(5-2)17(12-19-23-22-14-24-19)18(13-20-3)16-8-10-21-11-9-16/h4,6-14,19-20,23H,5H2,1-3H3/b6-4-,15-7+,17-12+,18-13-. The van der Waals surface area contributed by atoms with Crippen molar-refractivity contribution in [2.24, 2.45) is 5.10 Å². The van der Waals surface area contributed by atoms with Crippen LogP contribution in [0, 0.1) is 0 Å². The van der Waals surface area contributed by atoms with Gasteiger partial charge in [0, 0.05) is 31.2 Å². The number of allylic oxidation sites excluding steroid dienone is 6. The summed E-state index contributed by atoms with van der Waals surface area (Å²) < 4.78 is 5.46. The SMILES string of the molecule is C\C=C/C=C(CC)/C(=C\C1NN=CO1)C(=C\NC)/c1ccncc1. The fourth-order valence-electron chi connectivity index (χ4n) is 2.43. The molecule has 0 spiro atoms. The van der Waals surface area contributed by atoms with Crippen LogP contribution in [0.3, 0.4) is 0 Å². The summed E-state index contributed by atoms with van der Waals surface area (Å²) in [6.07, 6.45) is 15.9. The third kappa shape index (κ3) is 4.59. The monoisotopic (exact) mass is 324 g/mol. The van der Waals surface area contributed by atoms with Gasteiger partial charge in [0.25, 0.3) is 0 Å². The van der Waals surface area contributed by atoms with Crippen LogP contribution in [0.4, 0.5) is 0 Å². The van der Waals surface area contributed by atoms with Crippen LogP contribution >= 0.6 is 0 Å². The summed E-state index contributed by atoms with van der Waals surface area (Å²) in [5, 5.41) is 7.07. The lowest BCUT2D eigenvalue weighted by atomic mass is 9.91. The number of aromatic nitrogens is 1. The molecular weight excluding hydrogens is 300 g/mol. The van der Waals surface area contributed by atoms with Crippen molar-refractivity contribution in [2.75, 3.05) is 7.05 Å². The molecule has 0 saturated carbocycles. The first-order valence-corrected chi connectivity index (χ1v) is 8.05. The Balaban J connectivity index is 2.51. The van der Waals surface area contributed by atoms with E-state index in [-0.39, 0.29) is 6.23 Å². The smallest absolute Gasteiger partial charge is 0.206 e. The van der Waals surface area contributed by atoms with Gasteiger partial charge in [0.05, 0.1) is 0 Å². The Morgan fingerprint density at radius 1 is 1.38 bits per heavy atom. The van der Waals surface area contributed by atoms with Gasteiger partial charge in [0.2, 0.25) is 6.23 Å². The van der Waals surface area contributed by atoms with Crippen molar-refractivity contribution in [3.8, 4) is 0 Å². The van der Waals surface area contributed by atoms with Crippen molar-refractivity contribution >= 4 is 12.0 Å². The highest BCUT2D eigenvalue weighted by Gasteiger charge is 2.16. The van der Waals surface area contributed by atoms with Crippen molar-refractivity contribution in [1.29, 1.82) is 0 Å². The van der Waals surface area contributed by atoms with E-state index in [1.165, 1.54) is 12.0 Å². The molecule has 2 heterocycles. The van der Waals surface area contributed by atoms with E-state index in [2.05, 4.69) is 46.0 Å². The Morgan fingerprint density at radius 2 is 2.17 bits per heavy atom. The van der Waals surface area contributed by atoms with E-state index in [0.717, 1.165) is 23.1 Å². The number of hydrogen-bond donors (Lipinski definition) is 2. The second-order valence-corrected chi connectivity index (χ2v) is 5.15. The maximum atomic E-state index is 5.46. The lowest BCUT2D eigenvalue weighted by Gasteiger charge is -2.17. The first kappa shape index (κ1) is 17.5. The van der Waals surface area contributed by atoms with Crippen molar-refractivity contribution in [3.05, 3.63) is 71.7 Å². The average molecular weight is 324 g/mol. The van der Waals surface area contributed by atoms with Gasteiger partial charge < -0.3 is 10.1 Å². The zero-order valence-electron chi connectivity index (χ0n) is 14.4. The zero-order chi connectivity index (χ0) is 17.2. The molecule has 1 atom stereocenters. The molecule has 1 aliphatic rings. The number of ether oxygens (including phenoxy) is 1. The van der Waals surface area contributed by atoms with E-state index < -0.39 is 0 Å². The molecule has 2 N–H and O–H groups in total. The molecule has 0 aromatic carbocycles. The van der Waals surface area contributed by atoms with Gasteiger partial charge in [-0.05, 0) is 48.3 Å². The number of hydrazone groups is 1. The highest BCUT2D eigenvalue weighted by atomic mass is 16.5. The van der Waals surface area contributed by atoms with E-state index >= 15 is 0 Å². The quantitative estimate of drug-likeness (QED) is 0.755. The van der Waals surface area contributed by atoms with Crippen LogP contribution in [0.2, 0.25) is 0 Å². The molecule has 1 aromatic heterocycles. The third-order valence-electron chi connectivity index (χ3n) is 3.57. The Kier molecular flexibility index (Phi) is 6.83. The molecule has 0 fully saturated rings. The van der Waals surface area contributed by atoms with Gasteiger partial charge in [0.1, 0.15) is 0 Å². The largest absolute Gasteiger partial charge is 0.454 e. The summed E-state index contributed by atoms with van der Waals surface area (Å²) in [4.78, 5) is 4.12. The van der Waals surface area contributed by atoms with Crippen LogP contribution in [0.5, 0.6) is 0 Å². The predicted molar refractivity (Wildman–Crippen MR) is 99.0 cm³/mol. The molecule has 5 heteroatoms. The predicted octanol–water partition coefficient (Wildman–Crippen LogP) is 3.37. The second-order valence-electron chi connectivity index (χ2n) is 5.15. The van der Waals surface area contributed by atoms with Crippen molar-refractivity contribution in [3.63, 3.8) is 0 Å².